The van der Waals surface area contributed by atoms with E-state index in [1.165, 1.54) is 17.1 Å². The Labute approximate surface area is 139 Å². The highest BCUT2D eigenvalue weighted by Gasteiger charge is 2.32. The normalized spacial score (nSPS) is 19.8. The summed E-state index contributed by atoms with van der Waals surface area (Å²) < 4.78 is 23.0. The highest BCUT2D eigenvalue weighted by atomic mass is 32.2. The van der Waals surface area contributed by atoms with Crippen LogP contribution in [0.4, 0.5) is 0 Å². The molecular weight excluding hydrogens is 328 g/mol. The summed E-state index contributed by atoms with van der Waals surface area (Å²) >= 11 is 0. The van der Waals surface area contributed by atoms with Crippen molar-refractivity contribution in [3.8, 4) is 0 Å². The van der Waals surface area contributed by atoms with Crippen molar-refractivity contribution in [2.75, 3.05) is 18.6 Å². The number of nitrogens with zero attached hydrogens (tertiary/aromatic N) is 1. The van der Waals surface area contributed by atoms with Gasteiger partial charge in [0.2, 0.25) is 5.91 Å². The number of hydrogen-bond acceptors (Lipinski definition) is 4. The molecule has 1 aromatic carbocycles. The topological polar surface area (TPSA) is 87.3 Å². The number of pyridine rings is 1. The predicted octanol–water partition coefficient (Wildman–Crippen LogP) is 1.19. The molecule has 1 N–H and O–H groups in total. The Morgan fingerprint density at radius 2 is 2.08 bits per heavy atom. The van der Waals surface area contributed by atoms with Crippen LogP contribution in [0, 0.1) is 0 Å². The first-order valence-corrected chi connectivity index (χ1v) is 9.45. The number of carbonyl (C=O) groups is 1. The first-order valence-electron chi connectivity index (χ1n) is 7.63. The van der Waals surface area contributed by atoms with Gasteiger partial charge in [0.1, 0.15) is 0 Å². The van der Waals surface area contributed by atoms with Gasteiger partial charge in [0.25, 0.3) is 5.56 Å². The first-order chi connectivity index (χ1) is 11.4. The zero-order valence-corrected chi connectivity index (χ0v) is 14.0. The molecule has 1 fully saturated rings. The van der Waals surface area contributed by atoms with Crippen LogP contribution in [-0.2, 0) is 14.6 Å². The van der Waals surface area contributed by atoms with Gasteiger partial charge >= 0.3 is 0 Å². The van der Waals surface area contributed by atoms with Gasteiger partial charge in [-0.2, -0.15) is 0 Å². The fourth-order valence-corrected chi connectivity index (χ4v) is 4.60. The van der Waals surface area contributed by atoms with Crippen LogP contribution < -0.4 is 5.56 Å². The monoisotopic (exact) mass is 346 g/mol. The summed E-state index contributed by atoms with van der Waals surface area (Å²) in [6.45, 7) is 0. The molecule has 1 atom stereocenters. The highest BCUT2D eigenvalue weighted by molar-refractivity contribution is 7.91. The van der Waals surface area contributed by atoms with E-state index in [1.807, 2.05) is 24.3 Å². The van der Waals surface area contributed by atoms with Gasteiger partial charge in [-0.1, -0.05) is 18.2 Å². The second-order valence-corrected chi connectivity index (χ2v) is 8.21. The Morgan fingerprint density at radius 1 is 1.33 bits per heavy atom. The lowest BCUT2D eigenvalue weighted by Gasteiger charge is -2.21. The van der Waals surface area contributed by atoms with Crippen molar-refractivity contribution in [2.24, 2.45) is 0 Å². The summed E-state index contributed by atoms with van der Waals surface area (Å²) in [7, 11) is -1.46. The fraction of sp³-hybridized carbons (Fsp3) is 0.294. The Hall–Kier alpha value is -2.41. The molecule has 2 heterocycles. The number of benzene rings is 1. The third-order valence-corrected chi connectivity index (χ3v) is 6.04. The molecule has 2 aromatic rings. The summed E-state index contributed by atoms with van der Waals surface area (Å²) in [5.74, 6) is -0.201. The number of aromatic amines is 1. The number of sulfone groups is 1. The third-order valence-electron chi connectivity index (χ3n) is 4.29. The molecule has 1 aliphatic heterocycles. The zero-order chi connectivity index (χ0) is 17.3. The van der Waals surface area contributed by atoms with Crippen LogP contribution >= 0.6 is 0 Å². The van der Waals surface area contributed by atoms with Gasteiger partial charge in [0.05, 0.1) is 11.5 Å². The van der Waals surface area contributed by atoms with Crippen molar-refractivity contribution in [1.82, 2.24) is 9.88 Å². The number of likely N-dealkylation sites (N-methyl/N-ethyl adjacent to an activating group) is 1. The number of hydrogen-bond donors (Lipinski definition) is 1. The Balaban J connectivity index is 1.79. The van der Waals surface area contributed by atoms with Crippen LogP contribution in [0.1, 0.15) is 12.0 Å². The number of carbonyl (C=O) groups excluding carboxylic acids is 1. The smallest absolute Gasteiger partial charge is 0.255 e. The second-order valence-electron chi connectivity index (χ2n) is 5.98. The van der Waals surface area contributed by atoms with E-state index >= 15 is 0 Å². The molecule has 0 bridgehead atoms. The molecule has 24 heavy (non-hydrogen) atoms. The van der Waals surface area contributed by atoms with Gasteiger partial charge in [-0.15, -0.1) is 0 Å². The van der Waals surface area contributed by atoms with E-state index < -0.39 is 9.84 Å². The van der Waals surface area contributed by atoms with E-state index in [1.54, 1.807) is 13.1 Å². The molecule has 0 saturated carbocycles. The van der Waals surface area contributed by atoms with Gasteiger partial charge < -0.3 is 9.88 Å². The maximum absolute atomic E-state index is 12.2. The van der Waals surface area contributed by atoms with E-state index in [2.05, 4.69) is 4.98 Å². The van der Waals surface area contributed by atoms with E-state index in [4.69, 9.17) is 0 Å². The number of rotatable bonds is 3. The Morgan fingerprint density at radius 3 is 2.79 bits per heavy atom. The van der Waals surface area contributed by atoms with E-state index in [9.17, 15) is 18.0 Å². The lowest BCUT2D eigenvalue weighted by atomic mass is 10.1. The third kappa shape index (κ3) is 3.41. The van der Waals surface area contributed by atoms with Crippen molar-refractivity contribution in [1.29, 1.82) is 0 Å². The summed E-state index contributed by atoms with van der Waals surface area (Å²) in [6, 6.07) is 8.80. The standard InChI is InChI=1S/C17H18N2O4S/c1-19(14-8-9-24(22,23)11-14)16(20)7-6-13-10-12-4-2-3-5-15(12)18-17(13)21/h2-7,10,14H,8-9,11H2,1H3,(H,18,21)/b7-6+. The number of aromatic nitrogens is 1. The van der Waals surface area contributed by atoms with Crippen molar-refractivity contribution in [3.63, 3.8) is 0 Å². The minimum atomic E-state index is -3.05. The molecule has 0 spiro atoms. The number of amides is 1. The zero-order valence-electron chi connectivity index (χ0n) is 13.2. The summed E-state index contributed by atoms with van der Waals surface area (Å²) in [6.07, 6.45) is 3.23. The van der Waals surface area contributed by atoms with Gasteiger partial charge in [0, 0.05) is 30.2 Å². The minimum absolute atomic E-state index is 0.000359. The molecule has 126 valence electrons. The quantitative estimate of drug-likeness (QED) is 0.846. The number of nitrogens with one attached hydrogen (secondary N) is 1. The lowest BCUT2D eigenvalue weighted by Crippen LogP contribution is -2.36. The molecule has 1 unspecified atom stereocenters. The summed E-state index contributed by atoms with van der Waals surface area (Å²) in [4.78, 5) is 28.5. The van der Waals surface area contributed by atoms with Gasteiger partial charge in [-0.25, -0.2) is 8.42 Å². The lowest BCUT2D eigenvalue weighted by molar-refractivity contribution is -0.126. The Bertz CT molecular complexity index is 975. The average molecular weight is 346 g/mol. The van der Waals surface area contributed by atoms with E-state index in [-0.39, 0.29) is 29.0 Å². The second kappa shape index (κ2) is 6.24. The van der Waals surface area contributed by atoms with Gasteiger partial charge in [-0.3, -0.25) is 9.59 Å². The molecule has 1 aromatic heterocycles. The fourth-order valence-electron chi connectivity index (χ4n) is 2.83. The maximum atomic E-state index is 12.2. The van der Waals surface area contributed by atoms with Crippen molar-refractivity contribution >= 4 is 32.7 Å². The molecule has 6 nitrogen and oxygen atoms in total. The van der Waals surface area contributed by atoms with Crippen LogP contribution in [0.25, 0.3) is 17.0 Å². The minimum Gasteiger partial charge on any atom is -0.338 e. The van der Waals surface area contributed by atoms with Crippen LogP contribution in [0.5, 0.6) is 0 Å². The molecule has 3 rings (SSSR count). The Kier molecular flexibility index (Phi) is 4.28. The number of para-hydroxylation sites is 1. The molecule has 7 heteroatoms. The van der Waals surface area contributed by atoms with Crippen molar-refractivity contribution in [3.05, 3.63) is 52.3 Å². The van der Waals surface area contributed by atoms with Crippen LogP contribution in [0.15, 0.2) is 41.2 Å². The average Bonchev–Trinajstić information content (AvgIpc) is 2.91. The molecular formula is C17H18N2O4S. The largest absolute Gasteiger partial charge is 0.338 e. The predicted molar refractivity (Wildman–Crippen MR) is 93.4 cm³/mol. The molecule has 1 saturated heterocycles. The van der Waals surface area contributed by atoms with Gasteiger partial charge in [0.15, 0.2) is 9.84 Å². The summed E-state index contributed by atoms with van der Waals surface area (Å²) in [5, 5.41) is 0.874. The van der Waals surface area contributed by atoms with Crippen molar-refractivity contribution < 1.29 is 13.2 Å². The van der Waals surface area contributed by atoms with E-state index in [0.717, 1.165) is 10.9 Å². The number of H-pyrrole nitrogens is 1. The summed E-state index contributed by atoms with van der Waals surface area (Å²) in [5.41, 5.74) is 0.845. The first kappa shape index (κ1) is 16.4. The molecule has 1 aliphatic rings. The van der Waals surface area contributed by atoms with E-state index in [0.29, 0.717) is 12.0 Å². The molecule has 0 aliphatic carbocycles. The molecule has 0 radical (unpaired) electrons. The molecule has 1 amide bonds. The maximum Gasteiger partial charge on any atom is 0.255 e. The number of fused-ring (bicyclic) bond motifs is 1. The highest BCUT2D eigenvalue weighted by Crippen LogP contribution is 2.17. The van der Waals surface area contributed by atoms with Crippen LogP contribution in [-0.4, -0.2) is 48.8 Å². The van der Waals surface area contributed by atoms with Crippen molar-refractivity contribution in [2.45, 2.75) is 12.5 Å². The van der Waals surface area contributed by atoms with Gasteiger partial charge in [-0.05, 0) is 30.0 Å². The van der Waals surface area contributed by atoms with Crippen LogP contribution in [0.2, 0.25) is 0 Å². The SMILES string of the molecule is CN(C(=O)/C=C/c1cc2ccccc2[nH]c1=O)C1CCS(=O)(=O)C1. The van der Waals surface area contributed by atoms with Crippen LogP contribution in [0.3, 0.4) is 0 Å².